The van der Waals surface area contributed by atoms with E-state index in [1.165, 1.54) is 12.5 Å². The fourth-order valence-corrected chi connectivity index (χ4v) is 2.52. The van der Waals surface area contributed by atoms with Gasteiger partial charge in [-0.2, -0.15) is 8.42 Å². The molecule has 2 aromatic rings. The molecular weight excluding hydrogens is 320 g/mol. The largest absolute Gasteiger partial charge is 0.339 e. The molecule has 6 nitrogen and oxygen atoms in total. The molecule has 0 saturated carbocycles. The number of pyridine rings is 1. The van der Waals surface area contributed by atoms with Crippen LogP contribution in [-0.4, -0.2) is 23.0 Å². The molecule has 0 aliphatic rings. The molecule has 0 radical (unpaired) electrons. The fourth-order valence-electron chi connectivity index (χ4n) is 1.32. The summed E-state index contributed by atoms with van der Waals surface area (Å²) in [4.78, 5) is 7.92. The summed E-state index contributed by atoms with van der Waals surface area (Å²) < 4.78 is 28.7. The smallest absolute Gasteiger partial charge is 0.282 e. The normalized spacial score (nSPS) is 11.5. The van der Waals surface area contributed by atoms with Crippen molar-refractivity contribution in [2.24, 2.45) is 7.05 Å². The Hall–Kier alpha value is -1.41. The third-order valence-corrected chi connectivity index (χ3v) is 4.29. The highest BCUT2D eigenvalue weighted by molar-refractivity contribution is 9.10. The van der Waals surface area contributed by atoms with E-state index >= 15 is 0 Å². The highest BCUT2D eigenvalue weighted by atomic mass is 79.9. The second-order valence-electron chi connectivity index (χ2n) is 3.75. The van der Waals surface area contributed by atoms with Crippen molar-refractivity contribution < 1.29 is 8.42 Å². The van der Waals surface area contributed by atoms with Crippen molar-refractivity contribution in [2.75, 3.05) is 4.72 Å². The first kappa shape index (κ1) is 13.0. The lowest BCUT2D eigenvalue weighted by atomic mass is 10.4. The zero-order valence-corrected chi connectivity index (χ0v) is 12.2. The summed E-state index contributed by atoms with van der Waals surface area (Å²) in [6.07, 6.45) is 2.85. The average molecular weight is 331 g/mol. The first-order valence-electron chi connectivity index (χ1n) is 5.02. The highest BCUT2D eigenvalue weighted by Gasteiger charge is 2.17. The molecule has 0 aliphatic heterocycles. The second-order valence-corrected chi connectivity index (χ2v) is 6.23. The van der Waals surface area contributed by atoms with Gasteiger partial charge >= 0.3 is 0 Å². The van der Waals surface area contributed by atoms with E-state index in [9.17, 15) is 8.42 Å². The summed E-state index contributed by atoms with van der Waals surface area (Å²) in [6, 6.07) is 3.32. The van der Waals surface area contributed by atoms with E-state index < -0.39 is 10.0 Å². The Morgan fingerprint density at radius 1 is 1.39 bits per heavy atom. The minimum atomic E-state index is -3.68. The Balaban J connectivity index is 2.30. The van der Waals surface area contributed by atoms with Crippen LogP contribution in [0.1, 0.15) is 5.69 Å². The summed E-state index contributed by atoms with van der Waals surface area (Å²) in [6.45, 7) is 1.78. The summed E-state index contributed by atoms with van der Waals surface area (Å²) >= 11 is 3.30. The molecule has 0 aliphatic carbocycles. The first-order chi connectivity index (χ1) is 8.38. The van der Waals surface area contributed by atoms with Crippen LogP contribution < -0.4 is 4.72 Å². The lowest BCUT2D eigenvalue weighted by Gasteiger charge is -2.06. The molecule has 2 heterocycles. The number of halogens is 1. The number of aryl methyl sites for hydroxylation is 2. The van der Waals surface area contributed by atoms with Crippen molar-refractivity contribution in [3.63, 3.8) is 0 Å². The second kappa shape index (κ2) is 4.69. The lowest BCUT2D eigenvalue weighted by Crippen LogP contribution is -2.14. The molecule has 18 heavy (non-hydrogen) atoms. The molecule has 2 aromatic heterocycles. The van der Waals surface area contributed by atoms with E-state index in [-0.39, 0.29) is 10.8 Å². The number of hydrogen-bond donors (Lipinski definition) is 1. The Kier molecular flexibility index (Phi) is 3.40. The first-order valence-corrected chi connectivity index (χ1v) is 7.30. The number of nitrogens with zero attached hydrogens (tertiary/aromatic N) is 3. The van der Waals surface area contributed by atoms with E-state index in [1.807, 2.05) is 0 Å². The van der Waals surface area contributed by atoms with Crippen molar-refractivity contribution in [1.29, 1.82) is 0 Å². The van der Waals surface area contributed by atoms with Crippen molar-refractivity contribution in [2.45, 2.75) is 11.9 Å². The Morgan fingerprint density at radius 2 is 2.11 bits per heavy atom. The molecule has 0 amide bonds. The molecule has 1 N–H and O–H groups in total. The molecule has 0 unspecified atom stereocenters. The van der Waals surface area contributed by atoms with E-state index in [0.717, 1.165) is 4.47 Å². The van der Waals surface area contributed by atoms with Gasteiger partial charge in [0.1, 0.15) is 5.82 Å². The van der Waals surface area contributed by atoms with Crippen LogP contribution in [0.25, 0.3) is 0 Å². The minimum absolute atomic E-state index is 0.0348. The maximum atomic E-state index is 12.0. The van der Waals surface area contributed by atoms with Crippen LogP contribution >= 0.6 is 15.9 Å². The van der Waals surface area contributed by atoms with Crippen molar-refractivity contribution in [3.8, 4) is 0 Å². The van der Waals surface area contributed by atoms with Crippen LogP contribution in [0.15, 0.2) is 34.2 Å². The molecule has 0 bridgehead atoms. The van der Waals surface area contributed by atoms with Gasteiger partial charge < -0.3 is 4.57 Å². The number of sulfonamides is 1. The average Bonchev–Trinajstić information content (AvgIpc) is 2.71. The number of rotatable bonds is 3. The van der Waals surface area contributed by atoms with Crippen LogP contribution in [0, 0.1) is 6.92 Å². The summed E-state index contributed by atoms with van der Waals surface area (Å²) in [7, 11) is -1.98. The Morgan fingerprint density at radius 3 is 2.67 bits per heavy atom. The van der Waals surface area contributed by atoms with Gasteiger partial charge in [-0.1, -0.05) is 0 Å². The van der Waals surface area contributed by atoms with Gasteiger partial charge in [0, 0.05) is 17.7 Å². The molecule has 0 spiro atoms. The standard InChI is InChI=1S/C10H11BrN4O2S/c1-7-8(11)3-4-9(13-7)14-18(16,17)10-5-15(2)6-12-10/h3-6H,1-2H3,(H,13,14). The van der Waals surface area contributed by atoms with Gasteiger partial charge in [-0.3, -0.25) is 4.72 Å². The third kappa shape index (κ3) is 2.70. The number of anilines is 1. The lowest BCUT2D eigenvalue weighted by molar-refractivity contribution is 0.598. The highest BCUT2D eigenvalue weighted by Crippen LogP contribution is 2.18. The third-order valence-electron chi connectivity index (χ3n) is 2.22. The van der Waals surface area contributed by atoms with Gasteiger partial charge in [-0.25, -0.2) is 9.97 Å². The summed E-state index contributed by atoms with van der Waals surface area (Å²) in [5.41, 5.74) is 0.705. The number of aromatic nitrogens is 3. The molecule has 96 valence electrons. The van der Waals surface area contributed by atoms with Crippen LogP contribution in [0.3, 0.4) is 0 Å². The number of imidazole rings is 1. The zero-order valence-electron chi connectivity index (χ0n) is 9.75. The van der Waals surface area contributed by atoms with Crippen molar-refractivity contribution >= 4 is 31.8 Å². The van der Waals surface area contributed by atoms with Crippen molar-refractivity contribution in [1.82, 2.24) is 14.5 Å². The molecule has 8 heteroatoms. The minimum Gasteiger partial charge on any atom is -0.339 e. The molecular formula is C10H11BrN4O2S. The Labute approximate surface area is 113 Å². The molecule has 2 rings (SSSR count). The molecule has 0 aromatic carbocycles. The zero-order chi connectivity index (χ0) is 13.3. The Bertz CT molecular complexity index is 681. The molecule has 0 fully saturated rings. The van der Waals surface area contributed by atoms with Gasteiger partial charge in [0.2, 0.25) is 0 Å². The van der Waals surface area contributed by atoms with Gasteiger partial charge in [0.15, 0.2) is 5.03 Å². The molecule has 0 atom stereocenters. The van der Waals surface area contributed by atoms with Gasteiger partial charge in [0.25, 0.3) is 10.0 Å². The number of nitrogens with one attached hydrogen (secondary N) is 1. The fraction of sp³-hybridized carbons (Fsp3) is 0.200. The summed E-state index contributed by atoms with van der Waals surface area (Å²) in [5, 5.41) is -0.0348. The maximum absolute atomic E-state index is 12.0. The predicted octanol–water partition coefficient (Wildman–Crippen LogP) is 1.69. The van der Waals surface area contributed by atoms with Gasteiger partial charge in [-0.05, 0) is 35.0 Å². The van der Waals surface area contributed by atoms with Crippen LogP contribution in [0.5, 0.6) is 0 Å². The number of hydrogen-bond acceptors (Lipinski definition) is 4. The van der Waals surface area contributed by atoms with Crippen LogP contribution in [-0.2, 0) is 17.1 Å². The SMILES string of the molecule is Cc1nc(NS(=O)(=O)c2cn(C)cn2)ccc1Br. The monoisotopic (exact) mass is 330 g/mol. The topological polar surface area (TPSA) is 76.9 Å². The molecule has 0 saturated heterocycles. The van der Waals surface area contributed by atoms with Gasteiger partial charge in [-0.15, -0.1) is 0 Å². The van der Waals surface area contributed by atoms with Crippen LogP contribution in [0.4, 0.5) is 5.82 Å². The van der Waals surface area contributed by atoms with E-state index in [4.69, 9.17) is 0 Å². The van der Waals surface area contributed by atoms with Crippen molar-refractivity contribution in [3.05, 3.63) is 34.8 Å². The van der Waals surface area contributed by atoms with Crippen LogP contribution in [0.2, 0.25) is 0 Å². The summed E-state index contributed by atoms with van der Waals surface area (Å²) in [5.74, 6) is 0.265. The predicted molar refractivity (Wildman–Crippen MR) is 70.7 cm³/mol. The maximum Gasteiger partial charge on any atom is 0.282 e. The van der Waals surface area contributed by atoms with E-state index in [0.29, 0.717) is 5.69 Å². The quantitative estimate of drug-likeness (QED) is 0.928. The van der Waals surface area contributed by atoms with E-state index in [1.54, 1.807) is 30.7 Å². The van der Waals surface area contributed by atoms with E-state index in [2.05, 4.69) is 30.6 Å². The van der Waals surface area contributed by atoms with Gasteiger partial charge in [0.05, 0.1) is 12.0 Å².